The van der Waals surface area contributed by atoms with Gasteiger partial charge < -0.3 is 9.97 Å². The number of hydrogen-bond acceptors (Lipinski definition) is 3. The second-order valence-corrected chi connectivity index (χ2v) is 10.5. The van der Waals surface area contributed by atoms with Crippen molar-refractivity contribution in [2.24, 2.45) is 21.2 Å². The molecule has 198 valence electrons. The monoisotopic (exact) mass is 516 g/mol. The molecule has 0 saturated heterocycles. The Morgan fingerprint density at radius 2 is 1.41 bits per heavy atom. The average molecular weight is 517 g/mol. The molecule has 6 heteroatoms. The fourth-order valence-corrected chi connectivity index (χ4v) is 5.87. The maximum Gasteiger partial charge on any atom is 0.172 e. The second kappa shape index (κ2) is 11.3. The number of nitrogens with one attached hydrogen (secondary N) is 3. The summed E-state index contributed by atoms with van der Waals surface area (Å²) in [5, 5.41) is 11.9. The first-order chi connectivity index (χ1) is 19.3. The predicted molar refractivity (Wildman–Crippen MR) is 160 cm³/mol. The van der Waals surface area contributed by atoms with Crippen LogP contribution >= 0.6 is 0 Å². The molecule has 6 nitrogen and oxygen atoms in total. The van der Waals surface area contributed by atoms with Gasteiger partial charge in [-0.05, 0) is 59.9 Å². The van der Waals surface area contributed by atoms with Crippen LogP contribution in [0.4, 0.5) is 0 Å². The molecule has 1 aliphatic rings. The SMILES string of the molecule is CCCCCCN=C1NN=NC(c2cc3ccccc3[nH]2)(c2cc3ccccc3[nH]2)C1CCc1ccccc1. The summed E-state index contributed by atoms with van der Waals surface area (Å²) in [6.07, 6.45) is 6.51. The molecule has 2 aromatic heterocycles. The Morgan fingerprint density at radius 1 is 0.769 bits per heavy atom. The average Bonchev–Trinajstić information content (AvgIpc) is 3.62. The van der Waals surface area contributed by atoms with Gasteiger partial charge in [0.05, 0.1) is 17.3 Å². The van der Waals surface area contributed by atoms with Crippen molar-refractivity contribution < 1.29 is 0 Å². The van der Waals surface area contributed by atoms with Crippen LogP contribution in [0.25, 0.3) is 21.8 Å². The number of aryl methyl sites for hydroxylation is 1. The third-order valence-corrected chi connectivity index (χ3v) is 7.95. The fraction of sp³-hybridized carbons (Fsp3) is 0.303. The lowest BCUT2D eigenvalue weighted by atomic mass is 9.74. The van der Waals surface area contributed by atoms with Gasteiger partial charge in [-0.15, -0.1) is 0 Å². The Hall–Kier alpha value is -4.19. The maximum absolute atomic E-state index is 5.13. The summed E-state index contributed by atoms with van der Waals surface area (Å²) in [5.74, 6) is 0.872. The van der Waals surface area contributed by atoms with E-state index >= 15 is 0 Å². The zero-order valence-corrected chi connectivity index (χ0v) is 22.5. The van der Waals surface area contributed by atoms with Crippen molar-refractivity contribution in [1.29, 1.82) is 0 Å². The van der Waals surface area contributed by atoms with E-state index in [-0.39, 0.29) is 5.92 Å². The number of para-hydroxylation sites is 2. The molecule has 3 N–H and O–H groups in total. The zero-order valence-electron chi connectivity index (χ0n) is 22.5. The summed E-state index contributed by atoms with van der Waals surface area (Å²) in [5.41, 5.74) is 8.01. The Morgan fingerprint density at radius 3 is 2.05 bits per heavy atom. The van der Waals surface area contributed by atoms with Gasteiger partial charge >= 0.3 is 0 Å². The van der Waals surface area contributed by atoms with Crippen LogP contribution in [-0.2, 0) is 12.0 Å². The largest absolute Gasteiger partial charge is 0.356 e. The van der Waals surface area contributed by atoms with Crippen LogP contribution < -0.4 is 5.43 Å². The standard InChI is InChI=1S/C33H36N6/c1-2-3-4-12-21-34-32-27(20-19-24-13-6-5-7-14-24)33(38-39-37-32,30-22-25-15-8-10-17-28(25)35-30)31-23-26-16-9-11-18-29(26)36-31/h5-11,13-18,22-23,27,35-36H,2-4,12,19-21H2,1H3,(H,34,37,38). The van der Waals surface area contributed by atoms with E-state index in [4.69, 9.17) is 10.1 Å². The first-order valence-electron chi connectivity index (χ1n) is 14.2. The number of H-pyrrole nitrogens is 2. The highest BCUT2D eigenvalue weighted by molar-refractivity contribution is 5.89. The van der Waals surface area contributed by atoms with Crippen molar-refractivity contribution in [3.63, 3.8) is 0 Å². The van der Waals surface area contributed by atoms with Gasteiger partial charge in [-0.1, -0.05) is 98.1 Å². The number of amidine groups is 1. The Kier molecular flexibility index (Phi) is 7.26. The molecular weight excluding hydrogens is 480 g/mol. The molecule has 1 aliphatic heterocycles. The topological polar surface area (TPSA) is 80.7 Å². The third-order valence-electron chi connectivity index (χ3n) is 7.95. The van der Waals surface area contributed by atoms with Crippen LogP contribution in [0.3, 0.4) is 0 Å². The van der Waals surface area contributed by atoms with E-state index in [0.717, 1.165) is 64.8 Å². The number of rotatable bonds is 10. The van der Waals surface area contributed by atoms with E-state index in [9.17, 15) is 0 Å². The molecule has 0 spiro atoms. The molecule has 0 radical (unpaired) electrons. The Balaban J connectivity index is 1.50. The lowest BCUT2D eigenvalue weighted by Gasteiger charge is -2.38. The molecule has 39 heavy (non-hydrogen) atoms. The number of fused-ring (bicyclic) bond motifs is 2. The minimum absolute atomic E-state index is 0.0393. The number of nitrogens with zero attached hydrogens (tertiary/aromatic N) is 3. The van der Waals surface area contributed by atoms with Crippen LogP contribution in [0.15, 0.2) is 106 Å². The van der Waals surface area contributed by atoms with Crippen molar-refractivity contribution in [2.45, 2.75) is 51.0 Å². The summed E-state index contributed by atoms with van der Waals surface area (Å²) in [4.78, 5) is 12.6. The van der Waals surface area contributed by atoms with Gasteiger partial charge in [-0.3, -0.25) is 4.99 Å². The third kappa shape index (κ3) is 4.99. The molecule has 1 atom stereocenters. The lowest BCUT2D eigenvalue weighted by Crippen LogP contribution is -2.47. The van der Waals surface area contributed by atoms with Crippen LogP contribution in [0, 0.1) is 5.92 Å². The van der Waals surface area contributed by atoms with E-state index < -0.39 is 5.54 Å². The molecule has 0 amide bonds. The molecule has 3 heterocycles. The van der Waals surface area contributed by atoms with Crippen LogP contribution in [0.5, 0.6) is 0 Å². The quantitative estimate of drug-likeness (QED) is 0.161. The van der Waals surface area contributed by atoms with E-state index in [1.165, 1.54) is 24.8 Å². The summed E-state index contributed by atoms with van der Waals surface area (Å²) >= 11 is 0. The van der Waals surface area contributed by atoms with Gasteiger partial charge in [0, 0.05) is 17.6 Å². The molecule has 0 fully saturated rings. The summed E-state index contributed by atoms with van der Waals surface area (Å²) < 4.78 is 0. The van der Waals surface area contributed by atoms with Crippen molar-refractivity contribution >= 4 is 27.6 Å². The normalized spacial score (nSPS) is 17.7. The van der Waals surface area contributed by atoms with Gasteiger partial charge in [0.15, 0.2) is 5.54 Å². The van der Waals surface area contributed by atoms with Gasteiger partial charge in [-0.2, -0.15) is 5.11 Å². The van der Waals surface area contributed by atoms with Crippen molar-refractivity contribution in [3.05, 3.63) is 108 Å². The smallest absolute Gasteiger partial charge is 0.172 e. The van der Waals surface area contributed by atoms with Crippen molar-refractivity contribution in [3.8, 4) is 0 Å². The van der Waals surface area contributed by atoms with E-state index in [1.54, 1.807) is 0 Å². The van der Waals surface area contributed by atoms with Crippen LogP contribution in [-0.4, -0.2) is 22.3 Å². The first-order valence-corrected chi connectivity index (χ1v) is 14.2. The van der Waals surface area contributed by atoms with Gasteiger partial charge in [-0.25, -0.2) is 5.43 Å². The molecular formula is C33H36N6. The van der Waals surface area contributed by atoms with Gasteiger partial charge in [0.2, 0.25) is 0 Å². The zero-order chi connectivity index (χ0) is 26.5. The number of aromatic amines is 2. The van der Waals surface area contributed by atoms with E-state index in [1.807, 2.05) is 0 Å². The lowest BCUT2D eigenvalue weighted by molar-refractivity contribution is 0.332. The first kappa shape index (κ1) is 25.1. The molecule has 0 aliphatic carbocycles. The highest BCUT2D eigenvalue weighted by Crippen LogP contribution is 2.46. The maximum atomic E-state index is 5.13. The van der Waals surface area contributed by atoms with Crippen LogP contribution in [0.2, 0.25) is 0 Å². The number of aromatic nitrogens is 2. The molecule has 6 rings (SSSR count). The second-order valence-electron chi connectivity index (χ2n) is 10.5. The predicted octanol–water partition coefficient (Wildman–Crippen LogP) is 8.09. The summed E-state index contributed by atoms with van der Waals surface area (Å²) in [7, 11) is 0. The Labute approximate surface area is 229 Å². The highest BCUT2D eigenvalue weighted by atomic mass is 15.5. The number of aliphatic imine (C=N–C) groups is 1. The van der Waals surface area contributed by atoms with E-state index in [0.29, 0.717) is 0 Å². The van der Waals surface area contributed by atoms with Gasteiger partial charge in [0.25, 0.3) is 0 Å². The summed E-state index contributed by atoms with van der Waals surface area (Å²) in [6.45, 7) is 3.03. The number of hydrogen-bond donors (Lipinski definition) is 3. The molecule has 0 saturated carbocycles. The number of benzene rings is 3. The molecule has 3 aromatic carbocycles. The fourth-order valence-electron chi connectivity index (χ4n) is 5.87. The summed E-state index contributed by atoms with van der Waals surface area (Å²) in [6, 6.07) is 32.0. The van der Waals surface area contributed by atoms with Crippen molar-refractivity contribution in [2.75, 3.05) is 6.54 Å². The van der Waals surface area contributed by atoms with Gasteiger partial charge in [0.1, 0.15) is 5.84 Å². The molecule has 5 aromatic rings. The minimum atomic E-state index is -0.777. The van der Waals surface area contributed by atoms with E-state index in [2.05, 4.69) is 119 Å². The molecule has 0 bridgehead atoms. The minimum Gasteiger partial charge on any atom is -0.356 e. The number of unbranched alkanes of at least 4 members (excludes halogenated alkanes) is 3. The highest BCUT2D eigenvalue weighted by Gasteiger charge is 2.49. The van der Waals surface area contributed by atoms with Crippen LogP contribution in [0.1, 0.15) is 56.0 Å². The molecule has 1 unspecified atom stereocenters. The van der Waals surface area contributed by atoms with Crippen molar-refractivity contribution in [1.82, 2.24) is 15.4 Å². The Bertz CT molecular complexity index is 1450.